The molecule has 0 atom stereocenters. The summed E-state index contributed by atoms with van der Waals surface area (Å²) < 4.78 is 11.8. The van der Waals surface area contributed by atoms with Crippen LogP contribution in [0.4, 0.5) is 0 Å². The Morgan fingerprint density at radius 1 is 1.27 bits per heavy atom. The molecule has 2 heterocycles. The van der Waals surface area contributed by atoms with Gasteiger partial charge in [-0.2, -0.15) is 0 Å². The average Bonchev–Trinajstić information content (AvgIpc) is 2.89. The molecule has 1 aliphatic rings. The van der Waals surface area contributed by atoms with Crippen molar-refractivity contribution in [3.05, 3.63) is 36.5 Å². The largest absolute Gasteiger partial charge is 0.490 e. The van der Waals surface area contributed by atoms with Gasteiger partial charge < -0.3 is 19.6 Å². The summed E-state index contributed by atoms with van der Waals surface area (Å²) in [4.78, 5) is 33.6. The number of thiophene rings is 1. The van der Waals surface area contributed by atoms with Gasteiger partial charge in [0.15, 0.2) is 18.1 Å². The molecule has 0 aliphatic heterocycles. The number of hydrogen-bond donors (Lipinski definition) is 2. The van der Waals surface area contributed by atoms with Crippen molar-refractivity contribution >= 4 is 50.1 Å². The van der Waals surface area contributed by atoms with Crippen molar-refractivity contribution < 1.29 is 19.4 Å². The number of carbonyl (C=O) groups is 1. The normalized spacial score (nSPS) is 13.7. The number of carboxylic acids is 1. The first-order valence-corrected chi connectivity index (χ1v) is 11.7. The van der Waals surface area contributed by atoms with E-state index in [0.717, 1.165) is 41.5 Å². The van der Waals surface area contributed by atoms with Crippen LogP contribution in [0.1, 0.15) is 36.6 Å². The highest BCUT2D eigenvalue weighted by Crippen LogP contribution is 2.38. The number of aromatic amines is 1. The fraction of sp³-hybridized carbons (Fsp3) is 0.381. The zero-order valence-electron chi connectivity index (χ0n) is 16.4. The minimum absolute atomic E-state index is 0.117. The topological polar surface area (TPSA) is 102 Å². The lowest BCUT2D eigenvalue weighted by Crippen LogP contribution is -2.12. The van der Waals surface area contributed by atoms with Gasteiger partial charge in [-0.05, 0) is 72.9 Å². The van der Waals surface area contributed by atoms with E-state index in [-0.39, 0.29) is 5.56 Å². The second-order valence-electron chi connectivity index (χ2n) is 7.06. The Kier molecular flexibility index (Phi) is 6.28. The number of rotatable bonds is 6. The fourth-order valence-corrected chi connectivity index (χ4v) is 5.74. The Morgan fingerprint density at radius 2 is 2.07 bits per heavy atom. The first kappa shape index (κ1) is 21.1. The lowest BCUT2D eigenvalue weighted by molar-refractivity contribution is -0.139. The smallest absolute Gasteiger partial charge is 0.341 e. The monoisotopic (exact) mass is 540 g/mol. The highest BCUT2D eigenvalue weighted by Gasteiger charge is 2.21. The van der Waals surface area contributed by atoms with Gasteiger partial charge in [0.1, 0.15) is 10.7 Å². The van der Waals surface area contributed by atoms with Crippen LogP contribution in [0.25, 0.3) is 21.6 Å². The summed E-state index contributed by atoms with van der Waals surface area (Å²) in [6.45, 7) is 1.77. The number of nitrogens with zero attached hydrogens (tertiary/aromatic N) is 1. The highest BCUT2D eigenvalue weighted by molar-refractivity contribution is 14.1. The molecule has 0 bridgehead atoms. The quantitative estimate of drug-likeness (QED) is 0.356. The van der Waals surface area contributed by atoms with Gasteiger partial charge in [-0.3, -0.25) is 4.79 Å². The van der Waals surface area contributed by atoms with Gasteiger partial charge in [0.05, 0.1) is 15.6 Å². The predicted octanol–water partition coefficient (Wildman–Crippen LogP) is 4.39. The van der Waals surface area contributed by atoms with E-state index in [2.05, 4.69) is 27.6 Å². The molecular weight excluding hydrogens is 519 g/mol. The lowest BCUT2D eigenvalue weighted by atomic mass is 10.1. The maximum atomic E-state index is 12.9. The molecule has 7 nitrogen and oxygen atoms in total. The minimum Gasteiger partial charge on any atom is -0.490 e. The van der Waals surface area contributed by atoms with Crippen LogP contribution in [0.5, 0.6) is 11.5 Å². The van der Waals surface area contributed by atoms with E-state index < -0.39 is 12.6 Å². The SMILES string of the molecule is CCOc1cc(-c2nc3sc4c(c3c(=O)[nH]2)CCCCC4)cc(I)c1OCC(=O)O. The van der Waals surface area contributed by atoms with Crippen molar-refractivity contribution in [3.8, 4) is 22.9 Å². The molecule has 4 rings (SSSR count). The van der Waals surface area contributed by atoms with Crippen LogP contribution in [-0.4, -0.2) is 34.3 Å². The van der Waals surface area contributed by atoms with Gasteiger partial charge in [-0.1, -0.05) is 6.42 Å². The van der Waals surface area contributed by atoms with Crippen LogP contribution >= 0.6 is 33.9 Å². The molecule has 0 saturated carbocycles. The van der Waals surface area contributed by atoms with E-state index in [0.29, 0.717) is 33.1 Å². The molecule has 1 aromatic carbocycles. The van der Waals surface area contributed by atoms with Crippen molar-refractivity contribution in [2.24, 2.45) is 0 Å². The fourth-order valence-electron chi connectivity index (χ4n) is 3.72. The van der Waals surface area contributed by atoms with E-state index in [4.69, 9.17) is 19.6 Å². The highest BCUT2D eigenvalue weighted by atomic mass is 127. The maximum Gasteiger partial charge on any atom is 0.341 e. The molecule has 0 fully saturated rings. The summed E-state index contributed by atoms with van der Waals surface area (Å²) in [5, 5.41) is 9.64. The summed E-state index contributed by atoms with van der Waals surface area (Å²) in [6.07, 6.45) is 5.39. The summed E-state index contributed by atoms with van der Waals surface area (Å²) in [5.41, 5.74) is 1.73. The molecule has 9 heteroatoms. The molecule has 2 aromatic heterocycles. The number of carboxylic acid groups (broad SMARTS) is 1. The molecule has 158 valence electrons. The van der Waals surface area contributed by atoms with Gasteiger partial charge >= 0.3 is 5.97 Å². The van der Waals surface area contributed by atoms with Crippen LogP contribution < -0.4 is 15.0 Å². The van der Waals surface area contributed by atoms with E-state index in [9.17, 15) is 9.59 Å². The Bertz CT molecular complexity index is 1170. The van der Waals surface area contributed by atoms with Gasteiger partial charge in [0.2, 0.25) is 0 Å². The molecule has 0 amide bonds. The zero-order valence-corrected chi connectivity index (χ0v) is 19.4. The van der Waals surface area contributed by atoms with Gasteiger partial charge in [-0.25, -0.2) is 9.78 Å². The summed E-state index contributed by atoms with van der Waals surface area (Å²) in [5.74, 6) is 0.194. The number of hydrogen-bond acceptors (Lipinski definition) is 6. The van der Waals surface area contributed by atoms with Crippen molar-refractivity contribution in [2.45, 2.75) is 39.0 Å². The number of fused-ring (bicyclic) bond motifs is 3. The first-order chi connectivity index (χ1) is 14.5. The third-order valence-electron chi connectivity index (χ3n) is 5.00. The Balaban J connectivity index is 1.79. The lowest BCUT2D eigenvalue weighted by Gasteiger charge is -2.14. The molecule has 0 unspecified atom stereocenters. The number of aryl methyl sites for hydroxylation is 2. The molecule has 0 spiro atoms. The molecule has 0 radical (unpaired) electrons. The van der Waals surface area contributed by atoms with Crippen molar-refractivity contribution in [1.82, 2.24) is 9.97 Å². The number of aromatic nitrogens is 2. The van der Waals surface area contributed by atoms with Crippen LogP contribution in [0, 0.1) is 3.57 Å². The van der Waals surface area contributed by atoms with Crippen LogP contribution in [-0.2, 0) is 17.6 Å². The number of H-pyrrole nitrogens is 1. The second kappa shape index (κ2) is 8.93. The van der Waals surface area contributed by atoms with E-state index in [1.807, 2.05) is 13.0 Å². The Labute approximate surface area is 190 Å². The van der Waals surface area contributed by atoms with Crippen molar-refractivity contribution in [3.63, 3.8) is 0 Å². The molecule has 3 aromatic rings. The summed E-state index contributed by atoms with van der Waals surface area (Å²) in [6, 6.07) is 3.54. The number of nitrogens with one attached hydrogen (secondary N) is 1. The summed E-state index contributed by atoms with van der Waals surface area (Å²) >= 11 is 3.69. The molecule has 1 aliphatic carbocycles. The summed E-state index contributed by atoms with van der Waals surface area (Å²) in [7, 11) is 0. The standard InChI is InChI=1S/C21H21IN2O5S/c1-2-28-14-9-11(8-13(22)18(14)29-10-16(25)26)19-23-20(27)17-12-6-4-3-5-7-15(12)30-21(17)24-19/h8-9H,2-7,10H2,1H3,(H,25,26)(H,23,24,27). The number of benzene rings is 1. The zero-order chi connectivity index (χ0) is 21.3. The number of ether oxygens (including phenoxy) is 2. The minimum atomic E-state index is -1.06. The van der Waals surface area contributed by atoms with Crippen molar-refractivity contribution in [2.75, 3.05) is 13.2 Å². The third-order valence-corrected chi connectivity index (χ3v) is 6.98. The van der Waals surface area contributed by atoms with Crippen molar-refractivity contribution in [1.29, 1.82) is 0 Å². The van der Waals surface area contributed by atoms with E-state index >= 15 is 0 Å². The van der Waals surface area contributed by atoms with E-state index in [1.54, 1.807) is 17.4 Å². The van der Waals surface area contributed by atoms with Crippen LogP contribution in [0.15, 0.2) is 16.9 Å². The first-order valence-electron chi connectivity index (χ1n) is 9.83. The molecular formula is C21H21IN2O5S. The number of halogens is 1. The molecule has 2 N–H and O–H groups in total. The third kappa shape index (κ3) is 4.18. The Morgan fingerprint density at radius 3 is 2.83 bits per heavy atom. The van der Waals surface area contributed by atoms with Crippen LogP contribution in [0.3, 0.4) is 0 Å². The van der Waals surface area contributed by atoms with E-state index in [1.165, 1.54) is 11.3 Å². The second-order valence-corrected chi connectivity index (χ2v) is 9.31. The average molecular weight is 540 g/mol. The molecule has 30 heavy (non-hydrogen) atoms. The van der Waals surface area contributed by atoms with Crippen LogP contribution in [0.2, 0.25) is 0 Å². The van der Waals surface area contributed by atoms with Gasteiger partial charge in [0, 0.05) is 10.4 Å². The predicted molar refractivity (Wildman–Crippen MR) is 124 cm³/mol. The van der Waals surface area contributed by atoms with Gasteiger partial charge in [0.25, 0.3) is 5.56 Å². The maximum absolute atomic E-state index is 12.9. The molecule has 0 saturated heterocycles. The Hall–Kier alpha value is -2.14. The van der Waals surface area contributed by atoms with Gasteiger partial charge in [-0.15, -0.1) is 11.3 Å². The number of aliphatic carboxylic acids is 1.